The molecule has 0 unspecified atom stereocenters. The Morgan fingerprint density at radius 2 is 1.89 bits per heavy atom. The first kappa shape index (κ1) is 23.5. The highest BCUT2D eigenvalue weighted by molar-refractivity contribution is 5.96. The highest BCUT2D eigenvalue weighted by Gasteiger charge is 2.27. The number of hydrogen-bond acceptors (Lipinski definition) is 8. The van der Waals surface area contributed by atoms with Crippen molar-refractivity contribution in [2.45, 2.75) is 53.1 Å². The number of aryl methyl sites for hydroxylation is 2. The smallest absolute Gasteiger partial charge is 0.259 e. The van der Waals surface area contributed by atoms with Crippen LogP contribution in [0.3, 0.4) is 0 Å². The topological polar surface area (TPSA) is 106 Å². The zero-order valence-corrected chi connectivity index (χ0v) is 21.7. The van der Waals surface area contributed by atoms with E-state index in [1.165, 1.54) is 6.33 Å². The molecular weight excluding hydrogens is 466 g/mol. The Kier molecular flexibility index (Phi) is 5.83. The first-order valence-electron chi connectivity index (χ1n) is 12.9. The summed E-state index contributed by atoms with van der Waals surface area (Å²) in [4.78, 5) is 25.6. The van der Waals surface area contributed by atoms with Gasteiger partial charge < -0.3 is 9.47 Å². The van der Waals surface area contributed by atoms with Gasteiger partial charge in [-0.1, -0.05) is 30.3 Å². The maximum Gasteiger partial charge on any atom is 0.259 e. The zero-order valence-electron chi connectivity index (χ0n) is 21.7. The molecule has 1 aromatic carbocycles. The van der Waals surface area contributed by atoms with Crippen molar-refractivity contribution in [2.24, 2.45) is 10.3 Å². The first-order chi connectivity index (χ1) is 18.0. The molecule has 2 aliphatic heterocycles. The van der Waals surface area contributed by atoms with Crippen molar-refractivity contribution in [3.8, 4) is 0 Å². The number of nitrogens with one attached hydrogen (secondary N) is 1. The number of allylic oxidation sites excluding steroid dienone is 1. The lowest BCUT2D eigenvalue weighted by atomic mass is 9.98. The predicted octanol–water partition coefficient (Wildman–Crippen LogP) is 4.62. The third-order valence-corrected chi connectivity index (χ3v) is 7.87. The Morgan fingerprint density at radius 3 is 2.68 bits per heavy atom. The first-order valence-corrected chi connectivity index (χ1v) is 12.9. The second-order valence-electron chi connectivity index (χ2n) is 9.98. The van der Waals surface area contributed by atoms with E-state index in [4.69, 9.17) is 5.10 Å². The molecule has 0 bridgehead atoms. The minimum atomic E-state index is 0.0870. The number of likely N-dealkylation sites (tertiary alicyclic amines) is 1. The van der Waals surface area contributed by atoms with E-state index in [9.17, 15) is 4.79 Å². The van der Waals surface area contributed by atoms with E-state index in [1.54, 1.807) is 6.20 Å². The molecule has 0 aliphatic carbocycles. The summed E-state index contributed by atoms with van der Waals surface area (Å²) in [6, 6.07) is 6.25. The number of nitrogens with zero attached hydrogens (tertiary/aromatic N) is 8. The van der Waals surface area contributed by atoms with Gasteiger partial charge in [0.2, 0.25) is 0 Å². The number of aromatic nitrogens is 5. The standard InChI is InChI=1S/C27H31N9O/c1-5-34-11-9-19(10-12-34)36-21(18(4)20-8-6-7-16(2)22(20)27(36)37)14-35-26-23-24(32-35)17(3)13-30-33-31-25(23)28-15-29-26/h6-8,13,15,19H,5,9-12,14H2,1-4H3,(H,28,29,30,31). The molecule has 190 valence electrons. The second kappa shape index (κ2) is 9.19. The van der Waals surface area contributed by atoms with Crippen LogP contribution in [-0.4, -0.2) is 48.8 Å². The molecule has 0 atom stereocenters. The predicted molar refractivity (Wildman–Crippen MR) is 145 cm³/mol. The molecular formula is C27H31N9O. The van der Waals surface area contributed by atoms with E-state index in [-0.39, 0.29) is 11.6 Å². The SMILES string of the molecule is CCN1CCC(n2c(Cn3nc4c5c(ncnc53)NN=NC=C4C)c(C)c3cccc(C)c3c2=O)CC1. The number of benzene rings is 1. The lowest BCUT2D eigenvalue weighted by molar-refractivity contribution is 0.190. The van der Waals surface area contributed by atoms with Gasteiger partial charge in [0.1, 0.15) is 12.0 Å². The number of pyridine rings is 1. The lowest BCUT2D eigenvalue weighted by Crippen LogP contribution is -2.39. The van der Waals surface area contributed by atoms with Crippen LogP contribution in [0.15, 0.2) is 45.9 Å². The third-order valence-electron chi connectivity index (χ3n) is 7.87. The summed E-state index contributed by atoms with van der Waals surface area (Å²) in [5.41, 5.74) is 8.42. The maximum atomic E-state index is 14.1. The van der Waals surface area contributed by atoms with Crippen molar-refractivity contribution in [2.75, 3.05) is 25.1 Å². The number of piperidine rings is 1. The average Bonchev–Trinajstić information content (AvgIpc) is 3.28. The van der Waals surface area contributed by atoms with Gasteiger partial charge in [0.15, 0.2) is 11.5 Å². The number of fused-ring (bicyclic) bond motifs is 1. The molecule has 2 aliphatic rings. The fourth-order valence-electron chi connectivity index (χ4n) is 5.79. The van der Waals surface area contributed by atoms with Crippen LogP contribution in [0.25, 0.3) is 27.4 Å². The van der Waals surface area contributed by atoms with Gasteiger partial charge in [0.05, 0.1) is 23.5 Å². The Morgan fingerprint density at radius 1 is 1.08 bits per heavy atom. The van der Waals surface area contributed by atoms with E-state index >= 15 is 0 Å². The maximum absolute atomic E-state index is 14.1. The molecule has 10 heteroatoms. The van der Waals surface area contributed by atoms with Crippen molar-refractivity contribution in [1.29, 1.82) is 0 Å². The minimum Gasteiger partial charge on any atom is -0.307 e. The van der Waals surface area contributed by atoms with E-state index in [0.29, 0.717) is 18.0 Å². The van der Waals surface area contributed by atoms with Gasteiger partial charge in [0.25, 0.3) is 5.56 Å². The van der Waals surface area contributed by atoms with Crippen molar-refractivity contribution in [3.05, 3.63) is 63.6 Å². The lowest BCUT2D eigenvalue weighted by Gasteiger charge is -2.34. The van der Waals surface area contributed by atoms with E-state index in [0.717, 1.165) is 76.7 Å². The van der Waals surface area contributed by atoms with Gasteiger partial charge in [-0.05, 0) is 62.2 Å². The zero-order chi connectivity index (χ0) is 25.7. The minimum absolute atomic E-state index is 0.0870. The summed E-state index contributed by atoms with van der Waals surface area (Å²) in [5.74, 6) is 0.567. The van der Waals surface area contributed by atoms with Gasteiger partial charge in [0, 0.05) is 24.8 Å². The average molecular weight is 498 g/mol. The molecule has 1 N–H and O–H groups in total. The summed E-state index contributed by atoms with van der Waals surface area (Å²) < 4.78 is 3.96. The third kappa shape index (κ3) is 3.83. The van der Waals surface area contributed by atoms with Crippen LogP contribution in [0.2, 0.25) is 0 Å². The molecule has 0 radical (unpaired) electrons. The number of hydrogen-bond donors (Lipinski definition) is 1. The normalized spacial score (nSPS) is 16.6. The Labute approximate surface area is 214 Å². The van der Waals surface area contributed by atoms with E-state index in [2.05, 4.69) is 55.1 Å². The van der Waals surface area contributed by atoms with Crippen LogP contribution >= 0.6 is 0 Å². The summed E-state index contributed by atoms with van der Waals surface area (Å²) in [5, 5.41) is 15.6. The van der Waals surface area contributed by atoms with Crippen LogP contribution in [0, 0.1) is 13.8 Å². The van der Waals surface area contributed by atoms with Crippen LogP contribution in [0.4, 0.5) is 5.82 Å². The molecule has 0 saturated carbocycles. The molecule has 4 aromatic rings. The molecule has 0 amide bonds. The van der Waals surface area contributed by atoms with Crippen molar-refractivity contribution in [3.63, 3.8) is 0 Å². The van der Waals surface area contributed by atoms with Crippen LogP contribution in [0.5, 0.6) is 0 Å². The van der Waals surface area contributed by atoms with Crippen LogP contribution in [0.1, 0.15) is 55.2 Å². The van der Waals surface area contributed by atoms with Crippen LogP contribution in [-0.2, 0) is 6.54 Å². The Balaban J connectivity index is 1.56. The Hall–Kier alpha value is -3.92. The number of anilines is 1. The fourth-order valence-corrected chi connectivity index (χ4v) is 5.79. The van der Waals surface area contributed by atoms with Gasteiger partial charge >= 0.3 is 0 Å². The second-order valence-corrected chi connectivity index (χ2v) is 9.98. The quantitative estimate of drug-likeness (QED) is 0.441. The highest BCUT2D eigenvalue weighted by Crippen LogP contribution is 2.32. The van der Waals surface area contributed by atoms with Crippen molar-refractivity contribution in [1.82, 2.24) is 29.2 Å². The summed E-state index contributed by atoms with van der Waals surface area (Å²) in [6.45, 7) is 11.7. The Bertz CT molecular complexity index is 1640. The largest absolute Gasteiger partial charge is 0.307 e. The molecule has 1 saturated heterocycles. The molecule has 0 spiro atoms. The van der Waals surface area contributed by atoms with Gasteiger partial charge in [-0.3, -0.25) is 4.79 Å². The van der Waals surface area contributed by atoms with Crippen LogP contribution < -0.4 is 11.0 Å². The van der Waals surface area contributed by atoms with Gasteiger partial charge in [-0.25, -0.2) is 20.1 Å². The molecule has 3 aromatic heterocycles. The van der Waals surface area contributed by atoms with E-state index in [1.807, 2.05) is 30.7 Å². The summed E-state index contributed by atoms with van der Waals surface area (Å²) in [7, 11) is 0. The monoisotopic (exact) mass is 497 g/mol. The molecule has 6 rings (SSSR count). The van der Waals surface area contributed by atoms with Crippen molar-refractivity contribution >= 4 is 33.2 Å². The molecule has 37 heavy (non-hydrogen) atoms. The summed E-state index contributed by atoms with van der Waals surface area (Å²) >= 11 is 0. The molecule has 1 fully saturated rings. The number of rotatable bonds is 4. The van der Waals surface area contributed by atoms with E-state index < -0.39 is 0 Å². The van der Waals surface area contributed by atoms with Crippen molar-refractivity contribution < 1.29 is 0 Å². The van der Waals surface area contributed by atoms with Gasteiger partial charge in [-0.2, -0.15) is 5.10 Å². The highest BCUT2D eigenvalue weighted by atomic mass is 16.1. The summed E-state index contributed by atoms with van der Waals surface area (Å²) in [6.07, 6.45) is 5.08. The molecule has 10 nitrogen and oxygen atoms in total. The molecule has 5 heterocycles. The van der Waals surface area contributed by atoms with Gasteiger partial charge in [-0.15, -0.1) is 5.11 Å². The fraction of sp³-hybridized carbons (Fsp3) is 0.407.